The quantitative estimate of drug-likeness (QED) is 0.210. The number of ether oxygens (including phenoxy) is 1. The first kappa shape index (κ1) is 32.1. The fourth-order valence-corrected chi connectivity index (χ4v) is 7.74. The van der Waals surface area contributed by atoms with Crippen LogP contribution < -0.4 is 14.5 Å². The number of hydrogen-bond donors (Lipinski definition) is 0. The van der Waals surface area contributed by atoms with Crippen molar-refractivity contribution in [2.45, 2.75) is 70.2 Å². The summed E-state index contributed by atoms with van der Waals surface area (Å²) in [4.78, 5) is 35.1. The van der Waals surface area contributed by atoms with E-state index in [9.17, 15) is 4.79 Å². The number of amides is 1. The van der Waals surface area contributed by atoms with Crippen molar-refractivity contribution in [2.75, 3.05) is 56.1 Å². The lowest BCUT2D eigenvalue weighted by Gasteiger charge is -2.41. The molecule has 3 aliphatic rings. The molecule has 242 valence electrons. The normalized spacial score (nSPS) is 19.5. The molecule has 2 atom stereocenters. The molecule has 3 heterocycles. The molecule has 2 aromatic carbocycles. The molecule has 2 fully saturated rings. The summed E-state index contributed by atoms with van der Waals surface area (Å²) in [6, 6.07) is 13.1. The maximum absolute atomic E-state index is 12.6. The third-order valence-corrected chi connectivity index (χ3v) is 10.1. The van der Waals surface area contributed by atoms with Crippen LogP contribution in [0.2, 0.25) is 5.02 Å². The summed E-state index contributed by atoms with van der Waals surface area (Å²) < 4.78 is 6.50. The van der Waals surface area contributed by atoms with Crippen LogP contribution >= 0.6 is 11.6 Å². The second-order valence-electron chi connectivity index (χ2n) is 12.9. The van der Waals surface area contributed by atoms with Gasteiger partial charge in [0.2, 0.25) is 12.5 Å². The molecule has 0 unspecified atom stereocenters. The Morgan fingerprint density at radius 3 is 2.70 bits per heavy atom. The van der Waals surface area contributed by atoms with Gasteiger partial charge in [-0.2, -0.15) is 9.97 Å². The minimum absolute atomic E-state index is 0.0914. The van der Waals surface area contributed by atoms with E-state index < -0.39 is 0 Å². The summed E-state index contributed by atoms with van der Waals surface area (Å²) in [5.41, 5.74) is 3.13. The smallest absolute Gasteiger partial charge is 0.318 e. The first-order valence-corrected chi connectivity index (χ1v) is 16.9. The summed E-state index contributed by atoms with van der Waals surface area (Å²) in [5.74, 6) is 0.714. The number of piperazine rings is 1. The Morgan fingerprint density at radius 1 is 1.15 bits per heavy atom. The van der Waals surface area contributed by atoms with Gasteiger partial charge in [-0.1, -0.05) is 61.7 Å². The van der Waals surface area contributed by atoms with Crippen LogP contribution in [-0.2, 0) is 17.8 Å². The Hall–Kier alpha value is -3.87. The number of benzene rings is 2. The number of nitrogens with zero attached hydrogens (tertiary/aromatic N) is 7. The van der Waals surface area contributed by atoms with Gasteiger partial charge < -0.3 is 24.3 Å². The zero-order valence-corrected chi connectivity index (χ0v) is 27.8. The van der Waals surface area contributed by atoms with Gasteiger partial charge in [0.05, 0.1) is 17.3 Å². The number of halogens is 1. The van der Waals surface area contributed by atoms with Crippen molar-refractivity contribution in [3.8, 4) is 6.01 Å². The molecule has 9 nitrogen and oxygen atoms in total. The van der Waals surface area contributed by atoms with E-state index in [1.165, 1.54) is 38.2 Å². The van der Waals surface area contributed by atoms with Crippen LogP contribution in [0.5, 0.6) is 6.01 Å². The first-order valence-electron chi connectivity index (χ1n) is 16.6. The highest BCUT2D eigenvalue weighted by Crippen LogP contribution is 2.37. The van der Waals surface area contributed by atoms with E-state index in [4.69, 9.17) is 32.9 Å². The number of likely N-dealkylation sites (N-methyl/N-ethyl adjacent to an activating group) is 1. The molecule has 1 saturated carbocycles. The van der Waals surface area contributed by atoms with Crippen LogP contribution in [-0.4, -0.2) is 90.2 Å². The molecule has 1 saturated heterocycles. The predicted molar refractivity (Wildman–Crippen MR) is 185 cm³/mol. The van der Waals surface area contributed by atoms with Crippen molar-refractivity contribution >= 4 is 39.8 Å². The highest BCUT2D eigenvalue weighted by molar-refractivity contribution is 6.36. The van der Waals surface area contributed by atoms with E-state index >= 15 is 0 Å². The highest BCUT2D eigenvalue weighted by atomic mass is 35.5. The van der Waals surface area contributed by atoms with E-state index in [1.54, 1.807) is 4.90 Å². The number of rotatable bonds is 9. The third kappa shape index (κ3) is 6.79. The monoisotopic (exact) mass is 641 g/mol. The topological polar surface area (TPSA) is 69.4 Å². The number of hydrogen-bond acceptors (Lipinski definition) is 7. The van der Waals surface area contributed by atoms with Gasteiger partial charge in [0.15, 0.2) is 0 Å². The zero-order chi connectivity index (χ0) is 32.2. The van der Waals surface area contributed by atoms with Crippen LogP contribution in [0.1, 0.15) is 50.3 Å². The maximum atomic E-state index is 12.6. The molecule has 3 aromatic rings. The van der Waals surface area contributed by atoms with Crippen molar-refractivity contribution in [1.82, 2.24) is 19.8 Å². The predicted octanol–water partition coefficient (Wildman–Crippen LogP) is 6.00. The van der Waals surface area contributed by atoms with Crippen LogP contribution in [0, 0.1) is 6.57 Å². The molecular formula is C36H44ClN7O2. The van der Waals surface area contributed by atoms with Crippen molar-refractivity contribution in [3.05, 3.63) is 76.8 Å². The van der Waals surface area contributed by atoms with Gasteiger partial charge in [0.1, 0.15) is 18.0 Å². The molecule has 2 aliphatic heterocycles. The molecule has 1 aliphatic carbocycles. The molecule has 6 rings (SSSR count). The van der Waals surface area contributed by atoms with Gasteiger partial charge in [0.25, 0.3) is 0 Å². The van der Waals surface area contributed by atoms with Crippen LogP contribution in [0.15, 0.2) is 49.1 Å². The Kier molecular flexibility index (Phi) is 9.95. The molecule has 10 heteroatoms. The van der Waals surface area contributed by atoms with Crippen molar-refractivity contribution in [3.63, 3.8) is 0 Å². The van der Waals surface area contributed by atoms with Crippen molar-refractivity contribution < 1.29 is 9.53 Å². The number of aromatic nitrogens is 2. The molecule has 1 aromatic heterocycles. The minimum atomic E-state index is -0.243. The second-order valence-corrected chi connectivity index (χ2v) is 13.3. The molecule has 0 N–H and O–H groups in total. The van der Waals surface area contributed by atoms with E-state index in [2.05, 4.69) is 64.4 Å². The number of carbonyl (C=O) groups is 1. The Morgan fingerprint density at radius 2 is 1.93 bits per heavy atom. The minimum Gasteiger partial charge on any atom is -0.459 e. The average molecular weight is 642 g/mol. The summed E-state index contributed by atoms with van der Waals surface area (Å²) in [6.07, 6.45) is 8.39. The van der Waals surface area contributed by atoms with Gasteiger partial charge in [0, 0.05) is 55.4 Å². The van der Waals surface area contributed by atoms with Crippen molar-refractivity contribution in [2.24, 2.45) is 0 Å². The molecule has 0 radical (unpaired) electrons. The van der Waals surface area contributed by atoms with E-state index in [1.807, 2.05) is 12.1 Å². The van der Waals surface area contributed by atoms with E-state index in [0.717, 1.165) is 58.1 Å². The van der Waals surface area contributed by atoms with E-state index in [-0.39, 0.29) is 24.6 Å². The van der Waals surface area contributed by atoms with Crippen molar-refractivity contribution in [1.29, 1.82) is 0 Å². The standard InChI is InChI=1S/C36H44ClN7O2/c1-5-33(45)44-20-19-43(23-28(44)21-38-3)35-29-17-18-42(32-16-10-12-26-11-9-15-30(37)34(26)32)24-31(29)39-36(40-35)46-25(2)22-41(4)27-13-7-6-8-14-27/h5,9-12,15-16,25,27-28H,1,6-8,13-14,17-24H2,2,4H3/t25-,28-/m0/s1. The third-order valence-electron chi connectivity index (χ3n) is 9.79. The van der Waals surface area contributed by atoms with Gasteiger partial charge in [-0.05, 0) is 56.8 Å². The Balaban J connectivity index is 1.31. The summed E-state index contributed by atoms with van der Waals surface area (Å²) in [5, 5.41) is 2.89. The summed E-state index contributed by atoms with van der Waals surface area (Å²) in [6.45, 7) is 17.4. The summed E-state index contributed by atoms with van der Waals surface area (Å²) >= 11 is 6.73. The average Bonchev–Trinajstić information content (AvgIpc) is 3.07. The van der Waals surface area contributed by atoms with E-state index in [0.29, 0.717) is 38.2 Å². The van der Waals surface area contributed by atoms with Crippen LogP contribution in [0.4, 0.5) is 11.5 Å². The number of carbonyl (C=O) groups excluding carboxylic acids is 1. The summed E-state index contributed by atoms with van der Waals surface area (Å²) in [7, 11) is 2.20. The molecular weight excluding hydrogens is 598 g/mol. The fourth-order valence-electron chi connectivity index (χ4n) is 7.46. The lowest BCUT2D eigenvalue weighted by atomic mass is 9.94. The van der Waals surface area contributed by atoms with Gasteiger partial charge in [-0.3, -0.25) is 9.69 Å². The first-order chi connectivity index (χ1) is 22.4. The highest BCUT2D eigenvalue weighted by Gasteiger charge is 2.35. The van der Waals surface area contributed by atoms with Gasteiger partial charge in [-0.25, -0.2) is 6.57 Å². The molecule has 0 spiro atoms. The molecule has 1 amide bonds. The Labute approximate surface area is 277 Å². The van der Waals surface area contributed by atoms with Gasteiger partial charge in [-0.15, -0.1) is 0 Å². The number of anilines is 2. The molecule has 0 bridgehead atoms. The largest absolute Gasteiger partial charge is 0.459 e. The van der Waals surface area contributed by atoms with Gasteiger partial charge >= 0.3 is 6.01 Å². The lowest BCUT2D eigenvalue weighted by molar-refractivity contribution is -0.128. The maximum Gasteiger partial charge on any atom is 0.318 e. The lowest BCUT2D eigenvalue weighted by Crippen LogP contribution is -2.56. The Bertz CT molecular complexity index is 1610. The van der Waals surface area contributed by atoms with Crippen LogP contribution in [0.25, 0.3) is 15.6 Å². The van der Waals surface area contributed by atoms with Crippen LogP contribution in [0.3, 0.4) is 0 Å². The number of fused-ring (bicyclic) bond motifs is 2. The fraction of sp³-hybridized carbons (Fsp3) is 0.500. The SMILES string of the molecule is [C-]#[N+]C[C@H]1CN(c2nc(O[C@@H](C)CN(C)C3CCCCC3)nc3c2CCN(c2cccc4cccc(Cl)c24)C3)CCN1C(=O)C=C. The second kappa shape index (κ2) is 14.3. The zero-order valence-electron chi connectivity index (χ0n) is 27.0. The molecule has 46 heavy (non-hydrogen) atoms.